The van der Waals surface area contributed by atoms with E-state index in [-0.39, 0.29) is 16.9 Å². The fourth-order valence-corrected chi connectivity index (χ4v) is 6.68. The number of carbonyl (C=O) groups is 1. The lowest BCUT2D eigenvalue weighted by atomic mass is 9.97. The molecule has 1 N–H and O–H groups in total. The van der Waals surface area contributed by atoms with Crippen molar-refractivity contribution in [1.82, 2.24) is 15.0 Å². The zero-order valence-corrected chi connectivity index (χ0v) is 22.9. The van der Waals surface area contributed by atoms with Crippen LogP contribution in [0.3, 0.4) is 0 Å². The van der Waals surface area contributed by atoms with Crippen molar-refractivity contribution >= 4 is 61.4 Å². The van der Waals surface area contributed by atoms with Gasteiger partial charge in [-0.05, 0) is 61.6 Å². The number of halogens is 4. The summed E-state index contributed by atoms with van der Waals surface area (Å²) in [6, 6.07) is 12.2. The van der Waals surface area contributed by atoms with Gasteiger partial charge in [0.1, 0.15) is 4.83 Å². The molecule has 0 saturated heterocycles. The van der Waals surface area contributed by atoms with E-state index < -0.39 is 17.6 Å². The number of hydrogen-bond acceptors (Lipinski definition) is 6. The van der Waals surface area contributed by atoms with Crippen LogP contribution >= 0.6 is 39.0 Å². The molecule has 0 atom stereocenters. The summed E-state index contributed by atoms with van der Waals surface area (Å²) in [6.07, 6.45) is 0.303. The molecule has 2 aromatic heterocycles. The second kappa shape index (κ2) is 11.0. The van der Waals surface area contributed by atoms with Gasteiger partial charge in [-0.2, -0.15) is 18.3 Å². The number of nitrogens with one attached hydrogen (secondary N) is 1. The quantitative estimate of drug-likeness (QED) is 0.118. The molecule has 0 saturated carbocycles. The average Bonchev–Trinajstić information content (AvgIpc) is 3.27. The molecule has 0 unspecified atom stereocenters. The summed E-state index contributed by atoms with van der Waals surface area (Å²) in [6.45, 7) is 0. The second-order valence-electron chi connectivity index (χ2n) is 8.57. The SMILES string of the molecule is O=C(CSc1nc2sc3c(c2c(=O)n1-c1ccc(Br)cc1)CCCC3)NN=Cc1ccccc1C(F)(F)F. The van der Waals surface area contributed by atoms with Gasteiger partial charge in [0.25, 0.3) is 11.5 Å². The first-order chi connectivity index (χ1) is 18.2. The molecule has 0 spiro atoms. The third-order valence-electron chi connectivity index (χ3n) is 6.03. The highest BCUT2D eigenvalue weighted by Crippen LogP contribution is 2.35. The Bertz CT molecular complexity index is 1600. The number of aryl methyl sites for hydroxylation is 2. The molecule has 0 radical (unpaired) electrons. The summed E-state index contributed by atoms with van der Waals surface area (Å²) in [5.74, 6) is -0.685. The van der Waals surface area contributed by atoms with E-state index in [0.29, 0.717) is 21.1 Å². The van der Waals surface area contributed by atoms with Crippen LogP contribution in [0.15, 0.2) is 68.1 Å². The Hall–Kier alpha value is -2.96. The van der Waals surface area contributed by atoms with E-state index in [4.69, 9.17) is 4.98 Å². The van der Waals surface area contributed by atoms with Gasteiger partial charge in [-0.15, -0.1) is 11.3 Å². The Kier molecular flexibility index (Phi) is 7.73. The van der Waals surface area contributed by atoms with Crippen molar-refractivity contribution in [3.05, 3.63) is 84.9 Å². The van der Waals surface area contributed by atoms with E-state index in [1.807, 2.05) is 12.1 Å². The topological polar surface area (TPSA) is 76.3 Å². The lowest BCUT2D eigenvalue weighted by Crippen LogP contribution is -2.24. The van der Waals surface area contributed by atoms with Crippen LogP contribution in [0.5, 0.6) is 0 Å². The van der Waals surface area contributed by atoms with Gasteiger partial charge in [0.2, 0.25) is 0 Å². The minimum Gasteiger partial charge on any atom is -0.272 e. The van der Waals surface area contributed by atoms with Crippen LogP contribution in [0, 0.1) is 0 Å². The Labute approximate surface area is 232 Å². The Morgan fingerprint density at radius 3 is 2.66 bits per heavy atom. The van der Waals surface area contributed by atoms with E-state index in [1.165, 1.54) is 39.0 Å². The van der Waals surface area contributed by atoms with Gasteiger partial charge in [-0.1, -0.05) is 45.9 Å². The molecule has 2 heterocycles. The standard InChI is InChI=1S/C26H20BrF3N4O2S2/c27-16-9-11-17(12-10-16)34-24(36)22-18-6-2-4-8-20(18)38-23(22)32-25(34)37-14-21(35)33-31-13-15-5-1-3-7-19(15)26(28,29)30/h1,3,5,7,9-13H,2,4,6,8,14H2,(H,33,35). The fraction of sp³-hybridized carbons (Fsp3) is 0.231. The van der Waals surface area contributed by atoms with E-state index in [0.717, 1.165) is 59.8 Å². The van der Waals surface area contributed by atoms with Gasteiger partial charge in [0.05, 0.1) is 28.6 Å². The molecule has 1 aliphatic rings. The van der Waals surface area contributed by atoms with Crippen LogP contribution in [0.25, 0.3) is 15.9 Å². The van der Waals surface area contributed by atoms with Gasteiger partial charge in [0, 0.05) is 14.9 Å². The molecule has 1 amide bonds. The van der Waals surface area contributed by atoms with E-state index in [9.17, 15) is 22.8 Å². The minimum atomic E-state index is -4.54. The number of fused-ring (bicyclic) bond motifs is 3. The zero-order chi connectivity index (χ0) is 26.9. The second-order valence-corrected chi connectivity index (χ2v) is 11.5. The summed E-state index contributed by atoms with van der Waals surface area (Å²) in [7, 11) is 0. The first-order valence-electron chi connectivity index (χ1n) is 11.7. The highest BCUT2D eigenvalue weighted by atomic mass is 79.9. The first kappa shape index (κ1) is 26.6. The number of amides is 1. The summed E-state index contributed by atoms with van der Waals surface area (Å²) >= 11 is 5.99. The molecule has 6 nitrogen and oxygen atoms in total. The number of carbonyl (C=O) groups excluding carboxylic acids is 1. The summed E-state index contributed by atoms with van der Waals surface area (Å²) in [4.78, 5) is 32.9. The lowest BCUT2D eigenvalue weighted by molar-refractivity contribution is -0.137. The van der Waals surface area contributed by atoms with Gasteiger partial charge in [0.15, 0.2) is 5.16 Å². The van der Waals surface area contributed by atoms with E-state index in [1.54, 1.807) is 12.1 Å². The molecular weight excluding hydrogens is 601 g/mol. The number of aromatic nitrogens is 2. The number of rotatable bonds is 6. The zero-order valence-electron chi connectivity index (χ0n) is 19.7. The number of thiophene rings is 1. The molecule has 0 bridgehead atoms. The fourth-order valence-electron chi connectivity index (χ4n) is 4.30. The summed E-state index contributed by atoms with van der Waals surface area (Å²) in [5.41, 5.74) is 2.77. The predicted octanol–water partition coefficient (Wildman–Crippen LogP) is 6.35. The van der Waals surface area contributed by atoms with Crippen molar-refractivity contribution in [1.29, 1.82) is 0 Å². The third kappa shape index (κ3) is 5.57. The number of hydrogen-bond donors (Lipinski definition) is 1. The van der Waals surface area contributed by atoms with Crippen molar-refractivity contribution in [3.8, 4) is 5.69 Å². The third-order valence-corrected chi connectivity index (χ3v) is 8.69. The van der Waals surface area contributed by atoms with E-state index in [2.05, 4.69) is 26.5 Å². The molecule has 2 aromatic carbocycles. The summed E-state index contributed by atoms with van der Waals surface area (Å²) in [5, 5.41) is 4.69. The Morgan fingerprint density at radius 2 is 1.89 bits per heavy atom. The van der Waals surface area contributed by atoms with E-state index >= 15 is 0 Å². The largest absolute Gasteiger partial charge is 0.417 e. The average molecular weight is 622 g/mol. The van der Waals surface area contributed by atoms with Gasteiger partial charge >= 0.3 is 6.18 Å². The molecule has 5 rings (SSSR count). The first-order valence-corrected chi connectivity index (χ1v) is 14.3. The van der Waals surface area contributed by atoms with Crippen molar-refractivity contribution in [3.63, 3.8) is 0 Å². The van der Waals surface area contributed by atoms with Crippen molar-refractivity contribution in [2.75, 3.05) is 5.75 Å². The maximum Gasteiger partial charge on any atom is 0.417 e. The van der Waals surface area contributed by atoms with Crippen LogP contribution in [0.2, 0.25) is 0 Å². The monoisotopic (exact) mass is 620 g/mol. The molecule has 0 aliphatic heterocycles. The maximum atomic E-state index is 13.7. The number of thioether (sulfide) groups is 1. The maximum absolute atomic E-state index is 13.7. The number of benzene rings is 2. The highest BCUT2D eigenvalue weighted by molar-refractivity contribution is 9.10. The molecule has 12 heteroatoms. The van der Waals surface area contributed by atoms with Crippen LogP contribution in [-0.2, 0) is 23.8 Å². The molecule has 0 fully saturated rings. The lowest BCUT2D eigenvalue weighted by Gasteiger charge is -2.13. The molecule has 38 heavy (non-hydrogen) atoms. The summed E-state index contributed by atoms with van der Waals surface area (Å²) < 4.78 is 41.9. The smallest absolute Gasteiger partial charge is 0.272 e. The molecule has 196 valence electrons. The Balaban J connectivity index is 1.41. The minimum absolute atomic E-state index is 0.141. The number of hydrazone groups is 1. The van der Waals surface area contributed by atoms with Gasteiger partial charge < -0.3 is 0 Å². The number of alkyl halides is 3. The van der Waals surface area contributed by atoms with Crippen LogP contribution in [0.4, 0.5) is 13.2 Å². The van der Waals surface area contributed by atoms with Crippen molar-refractivity contribution < 1.29 is 18.0 Å². The van der Waals surface area contributed by atoms with Gasteiger partial charge in [-0.25, -0.2) is 10.4 Å². The number of nitrogens with zero attached hydrogens (tertiary/aromatic N) is 3. The highest BCUT2D eigenvalue weighted by Gasteiger charge is 2.32. The van der Waals surface area contributed by atoms with Crippen LogP contribution < -0.4 is 11.0 Å². The van der Waals surface area contributed by atoms with Crippen LogP contribution in [-0.4, -0.2) is 27.4 Å². The van der Waals surface area contributed by atoms with Crippen LogP contribution in [0.1, 0.15) is 34.4 Å². The molecule has 1 aliphatic carbocycles. The van der Waals surface area contributed by atoms with Crippen molar-refractivity contribution in [2.24, 2.45) is 5.10 Å². The van der Waals surface area contributed by atoms with Gasteiger partial charge in [-0.3, -0.25) is 14.2 Å². The van der Waals surface area contributed by atoms with Crippen molar-refractivity contribution in [2.45, 2.75) is 37.0 Å². The molecular formula is C26H20BrF3N4O2S2. The molecule has 4 aromatic rings. The Morgan fingerprint density at radius 1 is 1.16 bits per heavy atom. The predicted molar refractivity (Wildman–Crippen MR) is 147 cm³/mol. The normalized spacial score (nSPS) is 13.7.